The highest BCUT2D eigenvalue weighted by atomic mass is 16.5. The molecule has 5 rings (SSSR count). The van der Waals surface area contributed by atoms with Crippen molar-refractivity contribution in [2.24, 2.45) is 0 Å². The first kappa shape index (κ1) is 23.1. The Morgan fingerprint density at radius 2 is 1.69 bits per heavy atom. The number of methoxy groups -OCH3 is 1. The second kappa shape index (κ2) is 9.53. The molecule has 9 nitrogen and oxygen atoms in total. The zero-order chi connectivity index (χ0) is 25.2. The zero-order valence-corrected chi connectivity index (χ0v) is 20.3. The van der Waals surface area contributed by atoms with Crippen LogP contribution in [0.1, 0.15) is 24.2 Å². The summed E-state index contributed by atoms with van der Waals surface area (Å²) in [5, 5.41) is 12.5. The number of carbonyl (C=O) groups is 1. The van der Waals surface area contributed by atoms with Gasteiger partial charge in [0.25, 0.3) is 5.56 Å². The van der Waals surface area contributed by atoms with E-state index in [-0.39, 0.29) is 11.5 Å². The van der Waals surface area contributed by atoms with E-state index in [1.807, 2.05) is 83.7 Å². The lowest BCUT2D eigenvalue weighted by molar-refractivity contribution is -0.124. The second-order valence-electron chi connectivity index (χ2n) is 8.46. The number of para-hydroxylation sites is 1. The summed E-state index contributed by atoms with van der Waals surface area (Å²) in [6.45, 7) is 3.78. The molecular formula is C27H26N6O3. The summed E-state index contributed by atoms with van der Waals surface area (Å²) >= 11 is 0. The molecule has 2 aromatic carbocycles. The van der Waals surface area contributed by atoms with Gasteiger partial charge in [0.05, 0.1) is 18.5 Å². The summed E-state index contributed by atoms with van der Waals surface area (Å²) in [6.07, 6.45) is 3.72. The van der Waals surface area contributed by atoms with Crippen molar-refractivity contribution in [1.82, 2.24) is 29.4 Å². The first-order chi connectivity index (χ1) is 17.5. The predicted molar refractivity (Wildman–Crippen MR) is 137 cm³/mol. The molecule has 0 aliphatic heterocycles. The Hall–Kier alpha value is -4.66. The average Bonchev–Trinajstić information content (AvgIpc) is 3.58. The Morgan fingerprint density at radius 1 is 1.00 bits per heavy atom. The summed E-state index contributed by atoms with van der Waals surface area (Å²) in [5.41, 5.74) is 2.40. The number of rotatable bonds is 7. The fourth-order valence-corrected chi connectivity index (χ4v) is 4.15. The van der Waals surface area contributed by atoms with Crippen LogP contribution in [-0.2, 0) is 11.3 Å². The van der Waals surface area contributed by atoms with Crippen LogP contribution in [0.4, 0.5) is 0 Å². The van der Waals surface area contributed by atoms with Gasteiger partial charge in [0.15, 0.2) is 5.82 Å². The number of nitrogens with one attached hydrogen (secondary N) is 1. The fraction of sp³-hybridized carbons (Fsp3) is 0.185. The van der Waals surface area contributed by atoms with Gasteiger partial charge >= 0.3 is 0 Å². The minimum Gasteiger partial charge on any atom is -0.497 e. The molecule has 0 aliphatic carbocycles. The average molecular weight is 483 g/mol. The Labute approximate surface area is 207 Å². The van der Waals surface area contributed by atoms with Crippen LogP contribution in [0.25, 0.3) is 22.4 Å². The van der Waals surface area contributed by atoms with Gasteiger partial charge in [-0.2, -0.15) is 10.2 Å². The maximum absolute atomic E-state index is 13.8. The lowest BCUT2D eigenvalue weighted by Gasteiger charge is -2.15. The molecule has 9 heteroatoms. The van der Waals surface area contributed by atoms with Gasteiger partial charge in [-0.1, -0.05) is 30.3 Å². The van der Waals surface area contributed by atoms with Crippen LogP contribution in [0.3, 0.4) is 0 Å². The molecule has 3 heterocycles. The van der Waals surface area contributed by atoms with E-state index in [0.29, 0.717) is 29.0 Å². The van der Waals surface area contributed by atoms with Crippen LogP contribution in [-0.4, -0.2) is 37.1 Å². The third-order valence-electron chi connectivity index (χ3n) is 6.11. The van der Waals surface area contributed by atoms with Crippen molar-refractivity contribution >= 4 is 16.8 Å². The lowest BCUT2D eigenvalue weighted by Crippen LogP contribution is -2.37. The molecule has 36 heavy (non-hydrogen) atoms. The third kappa shape index (κ3) is 4.15. The van der Waals surface area contributed by atoms with Crippen LogP contribution < -0.4 is 15.6 Å². The first-order valence-electron chi connectivity index (χ1n) is 11.6. The van der Waals surface area contributed by atoms with Crippen LogP contribution in [0.15, 0.2) is 83.9 Å². The SMILES string of the molecule is COc1ccc(CNC(=O)[C@H](C)n2nc(C)c3nn(-c4ccccc4)c(-n4cccc4)c3c2=O)cc1. The summed E-state index contributed by atoms with van der Waals surface area (Å²) in [7, 11) is 1.60. The number of nitrogens with zero attached hydrogens (tertiary/aromatic N) is 5. The first-order valence-corrected chi connectivity index (χ1v) is 11.6. The number of aryl methyl sites for hydroxylation is 1. The fourth-order valence-electron chi connectivity index (χ4n) is 4.15. The van der Waals surface area contributed by atoms with Gasteiger partial charge < -0.3 is 14.6 Å². The van der Waals surface area contributed by atoms with Crippen molar-refractivity contribution in [2.45, 2.75) is 26.4 Å². The van der Waals surface area contributed by atoms with Gasteiger partial charge in [-0.3, -0.25) is 9.59 Å². The highest BCUT2D eigenvalue weighted by Gasteiger charge is 2.25. The molecule has 1 amide bonds. The standard InChI is InChI=1S/C27H26N6O3/c1-18-24-23(26(31-15-7-8-16-31)33(30-24)21-9-5-4-6-10-21)27(35)32(29-18)19(2)25(34)28-17-20-11-13-22(36-3)14-12-20/h4-16,19H,17H2,1-3H3,(H,28,34)/t19-/m0/s1. The Morgan fingerprint density at radius 3 is 2.36 bits per heavy atom. The molecule has 0 fully saturated rings. The van der Waals surface area contributed by atoms with Gasteiger partial charge in [0, 0.05) is 18.9 Å². The Kier molecular flexibility index (Phi) is 6.12. The molecule has 1 atom stereocenters. The minimum atomic E-state index is -0.823. The largest absolute Gasteiger partial charge is 0.497 e. The number of aromatic nitrogens is 5. The number of carbonyl (C=O) groups excluding carboxylic acids is 1. The molecule has 0 aliphatic rings. The maximum Gasteiger partial charge on any atom is 0.280 e. The molecule has 0 bridgehead atoms. The highest BCUT2D eigenvalue weighted by molar-refractivity contribution is 5.88. The van der Waals surface area contributed by atoms with E-state index in [9.17, 15) is 9.59 Å². The molecule has 0 spiro atoms. The van der Waals surface area contributed by atoms with Crippen molar-refractivity contribution in [3.63, 3.8) is 0 Å². The van der Waals surface area contributed by atoms with Crippen LogP contribution in [0.2, 0.25) is 0 Å². The zero-order valence-electron chi connectivity index (χ0n) is 20.3. The third-order valence-corrected chi connectivity index (χ3v) is 6.11. The topological polar surface area (TPSA) is 96.0 Å². The summed E-state index contributed by atoms with van der Waals surface area (Å²) in [6, 6.07) is 20.0. The van der Waals surface area contributed by atoms with E-state index in [1.54, 1.807) is 25.6 Å². The smallest absolute Gasteiger partial charge is 0.280 e. The van der Waals surface area contributed by atoms with E-state index in [2.05, 4.69) is 10.4 Å². The summed E-state index contributed by atoms with van der Waals surface area (Å²) < 4.78 is 10.0. The van der Waals surface area contributed by atoms with Crippen molar-refractivity contribution in [1.29, 1.82) is 0 Å². The molecule has 0 radical (unpaired) electrons. The predicted octanol–water partition coefficient (Wildman–Crippen LogP) is 3.57. The van der Waals surface area contributed by atoms with E-state index in [4.69, 9.17) is 9.84 Å². The van der Waals surface area contributed by atoms with Crippen LogP contribution in [0.5, 0.6) is 5.75 Å². The molecule has 0 saturated heterocycles. The summed E-state index contributed by atoms with van der Waals surface area (Å²) in [5.74, 6) is 1.03. The summed E-state index contributed by atoms with van der Waals surface area (Å²) in [4.78, 5) is 26.8. The second-order valence-corrected chi connectivity index (χ2v) is 8.46. The van der Waals surface area contributed by atoms with Crippen molar-refractivity contribution in [3.05, 3.63) is 101 Å². The number of fused-ring (bicyclic) bond motifs is 1. The Balaban J connectivity index is 1.54. The van der Waals surface area contributed by atoms with Crippen molar-refractivity contribution in [3.8, 4) is 17.3 Å². The van der Waals surface area contributed by atoms with Crippen LogP contribution >= 0.6 is 0 Å². The number of hydrogen-bond donors (Lipinski definition) is 1. The number of hydrogen-bond acceptors (Lipinski definition) is 5. The van der Waals surface area contributed by atoms with E-state index in [0.717, 1.165) is 17.0 Å². The highest BCUT2D eigenvalue weighted by Crippen LogP contribution is 2.25. The number of ether oxygens (including phenoxy) is 1. The van der Waals surface area contributed by atoms with E-state index >= 15 is 0 Å². The number of amides is 1. The molecule has 5 aromatic rings. The molecule has 0 saturated carbocycles. The van der Waals surface area contributed by atoms with Gasteiger partial charge in [0.1, 0.15) is 22.7 Å². The maximum atomic E-state index is 13.8. The van der Waals surface area contributed by atoms with E-state index < -0.39 is 6.04 Å². The molecule has 1 N–H and O–H groups in total. The van der Waals surface area contributed by atoms with Gasteiger partial charge in [-0.25, -0.2) is 9.36 Å². The van der Waals surface area contributed by atoms with Crippen molar-refractivity contribution in [2.75, 3.05) is 7.11 Å². The van der Waals surface area contributed by atoms with Crippen molar-refractivity contribution < 1.29 is 9.53 Å². The molecule has 182 valence electrons. The molecule has 0 unspecified atom stereocenters. The number of benzene rings is 2. The molecule has 3 aromatic heterocycles. The monoisotopic (exact) mass is 482 g/mol. The van der Waals surface area contributed by atoms with Crippen LogP contribution in [0, 0.1) is 6.92 Å². The quantitative estimate of drug-likeness (QED) is 0.383. The van der Waals surface area contributed by atoms with Gasteiger partial charge in [-0.05, 0) is 55.8 Å². The molecular weight excluding hydrogens is 456 g/mol. The van der Waals surface area contributed by atoms with Gasteiger partial charge in [-0.15, -0.1) is 0 Å². The minimum absolute atomic E-state index is 0.308. The van der Waals surface area contributed by atoms with E-state index in [1.165, 1.54) is 4.68 Å². The lowest BCUT2D eigenvalue weighted by atomic mass is 10.2. The Bertz CT molecular complexity index is 1570. The van der Waals surface area contributed by atoms with Gasteiger partial charge in [0.2, 0.25) is 5.91 Å². The normalized spacial score (nSPS) is 12.0.